The molecule has 158 valence electrons. The molecule has 2 aromatic carbocycles. The van der Waals surface area contributed by atoms with Gasteiger partial charge in [-0.1, -0.05) is 24.3 Å². The van der Waals surface area contributed by atoms with Crippen LogP contribution in [-0.4, -0.2) is 27.4 Å². The van der Waals surface area contributed by atoms with Crippen molar-refractivity contribution in [2.45, 2.75) is 42.7 Å². The SMILES string of the molecule is O=S(=O)(NC1CC(c2ccc(OC(F)(F)F)cc2)C1)c1ccccc1OC(F)F. The van der Waals surface area contributed by atoms with Gasteiger partial charge in [-0.2, -0.15) is 8.78 Å². The Morgan fingerprint density at radius 2 is 1.62 bits per heavy atom. The predicted octanol–water partition coefficient (Wildman–Crippen LogP) is 4.41. The summed E-state index contributed by atoms with van der Waals surface area (Å²) in [5.74, 6) is -0.838. The summed E-state index contributed by atoms with van der Waals surface area (Å²) >= 11 is 0. The van der Waals surface area contributed by atoms with Gasteiger partial charge in [-0.3, -0.25) is 0 Å². The monoisotopic (exact) mass is 437 g/mol. The molecule has 0 bridgehead atoms. The summed E-state index contributed by atoms with van der Waals surface area (Å²) in [5.41, 5.74) is 0.747. The summed E-state index contributed by atoms with van der Waals surface area (Å²) in [4.78, 5) is -0.391. The van der Waals surface area contributed by atoms with Crippen LogP contribution in [0.2, 0.25) is 0 Å². The van der Waals surface area contributed by atoms with Gasteiger partial charge in [0.15, 0.2) is 0 Å². The molecule has 1 aliphatic carbocycles. The van der Waals surface area contributed by atoms with Crippen molar-refractivity contribution in [2.75, 3.05) is 0 Å². The van der Waals surface area contributed by atoms with Crippen LogP contribution in [-0.2, 0) is 10.0 Å². The lowest BCUT2D eigenvalue weighted by Crippen LogP contribution is -2.43. The Morgan fingerprint density at radius 3 is 2.21 bits per heavy atom. The summed E-state index contributed by atoms with van der Waals surface area (Å²) in [6.45, 7) is -3.16. The van der Waals surface area contributed by atoms with Crippen molar-refractivity contribution in [1.82, 2.24) is 4.72 Å². The van der Waals surface area contributed by atoms with E-state index in [0.29, 0.717) is 12.8 Å². The van der Waals surface area contributed by atoms with Crippen molar-refractivity contribution in [2.24, 2.45) is 0 Å². The number of hydrogen-bond donors (Lipinski definition) is 1. The van der Waals surface area contributed by atoms with Gasteiger partial charge in [0.25, 0.3) is 0 Å². The number of nitrogens with one attached hydrogen (secondary N) is 1. The van der Waals surface area contributed by atoms with Crippen molar-refractivity contribution in [3.8, 4) is 11.5 Å². The number of hydrogen-bond acceptors (Lipinski definition) is 4. The van der Waals surface area contributed by atoms with E-state index in [-0.39, 0.29) is 11.7 Å². The highest BCUT2D eigenvalue weighted by atomic mass is 32.2. The molecular formula is C18H16F5NO4S. The molecule has 0 amide bonds. The Kier molecular flexibility index (Phi) is 5.99. The lowest BCUT2D eigenvalue weighted by atomic mass is 9.76. The van der Waals surface area contributed by atoms with Crippen LogP contribution >= 0.6 is 0 Å². The van der Waals surface area contributed by atoms with Crippen LogP contribution in [0.15, 0.2) is 53.4 Å². The number of sulfonamides is 1. The maximum atomic E-state index is 12.5. The number of halogens is 5. The maximum Gasteiger partial charge on any atom is 0.573 e. The quantitative estimate of drug-likeness (QED) is 0.652. The van der Waals surface area contributed by atoms with E-state index >= 15 is 0 Å². The molecule has 1 N–H and O–H groups in total. The fourth-order valence-electron chi connectivity index (χ4n) is 3.08. The molecule has 0 heterocycles. The highest BCUT2D eigenvalue weighted by Gasteiger charge is 2.35. The Hall–Kier alpha value is -2.40. The summed E-state index contributed by atoms with van der Waals surface area (Å²) in [6.07, 6.45) is -3.95. The van der Waals surface area contributed by atoms with Crippen LogP contribution in [0.5, 0.6) is 11.5 Å². The van der Waals surface area contributed by atoms with Crippen LogP contribution < -0.4 is 14.2 Å². The number of ether oxygens (including phenoxy) is 2. The highest BCUT2D eigenvalue weighted by molar-refractivity contribution is 7.89. The molecule has 0 radical (unpaired) electrons. The molecule has 0 aliphatic heterocycles. The average molecular weight is 437 g/mol. The van der Waals surface area contributed by atoms with Crippen LogP contribution in [0, 0.1) is 0 Å². The molecule has 5 nitrogen and oxygen atoms in total. The lowest BCUT2D eigenvalue weighted by molar-refractivity contribution is -0.274. The zero-order valence-electron chi connectivity index (χ0n) is 14.7. The van der Waals surface area contributed by atoms with Gasteiger partial charge in [0.2, 0.25) is 10.0 Å². The number of rotatable bonds is 7. The van der Waals surface area contributed by atoms with Gasteiger partial charge in [0.05, 0.1) is 0 Å². The predicted molar refractivity (Wildman–Crippen MR) is 92.3 cm³/mol. The first-order valence-electron chi connectivity index (χ1n) is 8.45. The van der Waals surface area contributed by atoms with Gasteiger partial charge in [0, 0.05) is 6.04 Å². The standard InChI is InChI=1S/C18H16F5NO4S/c19-17(20)27-15-3-1-2-4-16(15)29(25,26)24-13-9-12(10-13)11-5-7-14(8-6-11)28-18(21,22)23/h1-8,12-13,17,24H,9-10H2. The van der Waals surface area contributed by atoms with Crippen molar-refractivity contribution in [1.29, 1.82) is 0 Å². The fourth-order valence-corrected chi connectivity index (χ4v) is 4.47. The third-order valence-corrected chi connectivity index (χ3v) is 5.96. The topological polar surface area (TPSA) is 64.6 Å². The van der Waals surface area contributed by atoms with Gasteiger partial charge >= 0.3 is 13.0 Å². The molecule has 11 heteroatoms. The minimum Gasteiger partial charge on any atom is -0.433 e. The largest absolute Gasteiger partial charge is 0.573 e. The van der Waals surface area contributed by atoms with E-state index < -0.39 is 39.7 Å². The molecule has 0 saturated heterocycles. The zero-order valence-corrected chi connectivity index (χ0v) is 15.5. The first-order valence-corrected chi connectivity index (χ1v) is 9.94. The number of benzene rings is 2. The maximum absolute atomic E-state index is 12.5. The van der Waals surface area contributed by atoms with Gasteiger partial charge in [-0.05, 0) is 48.6 Å². The first kappa shape index (κ1) is 21.3. The summed E-state index contributed by atoms with van der Waals surface area (Å²) < 4.78 is 97.0. The average Bonchev–Trinajstić information content (AvgIpc) is 2.57. The molecule has 0 aromatic heterocycles. The molecule has 0 atom stereocenters. The Bertz CT molecular complexity index is 941. The molecular weight excluding hydrogens is 421 g/mol. The van der Waals surface area contributed by atoms with Gasteiger partial charge in [0.1, 0.15) is 16.4 Å². The van der Waals surface area contributed by atoms with Gasteiger partial charge in [-0.15, -0.1) is 13.2 Å². The van der Waals surface area contributed by atoms with Gasteiger partial charge in [-0.25, -0.2) is 13.1 Å². The summed E-state index contributed by atoms with van der Waals surface area (Å²) in [5, 5.41) is 0. The summed E-state index contributed by atoms with van der Waals surface area (Å²) in [7, 11) is -4.08. The second-order valence-corrected chi connectivity index (χ2v) is 8.11. The molecule has 1 saturated carbocycles. The second-order valence-electron chi connectivity index (χ2n) is 6.43. The zero-order chi connectivity index (χ0) is 21.2. The second kappa shape index (κ2) is 8.15. The minimum absolute atomic E-state index is 0.0461. The molecule has 1 fully saturated rings. The summed E-state index contributed by atoms with van der Waals surface area (Å²) in [6, 6.07) is 9.99. The van der Waals surface area contributed by atoms with E-state index in [0.717, 1.165) is 17.7 Å². The highest BCUT2D eigenvalue weighted by Crippen LogP contribution is 2.39. The van der Waals surface area contributed by atoms with Crippen LogP contribution in [0.1, 0.15) is 24.3 Å². The van der Waals surface area contributed by atoms with E-state index in [1.165, 1.54) is 36.4 Å². The molecule has 0 spiro atoms. The Morgan fingerprint density at radius 1 is 1.00 bits per heavy atom. The van der Waals surface area contributed by atoms with Crippen LogP contribution in [0.4, 0.5) is 22.0 Å². The molecule has 3 rings (SSSR count). The fraction of sp³-hybridized carbons (Fsp3) is 0.333. The molecule has 29 heavy (non-hydrogen) atoms. The first-order chi connectivity index (χ1) is 13.5. The van der Waals surface area contributed by atoms with E-state index in [1.54, 1.807) is 0 Å². The van der Waals surface area contributed by atoms with E-state index in [1.807, 2.05) is 0 Å². The minimum atomic E-state index is -4.77. The smallest absolute Gasteiger partial charge is 0.433 e. The van der Waals surface area contributed by atoms with Crippen LogP contribution in [0.25, 0.3) is 0 Å². The van der Waals surface area contributed by atoms with Crippen LogP contribution in [0.3, 0.4) is 0 Å². The van der Waals surface area contributed by atoms with E-state index in [4.69, 9.17) is 0 Å². The molecule has 0 unspecified atom stereocenters. The third kappa shape index (κ3) is 5.57. The van der Waals surface area contributed by atoms with Crippen molar-refractivity contribution in [3.63, 3.8) is 0 Å². The molecule has 2 aromatic rings. The number of para-hydroxylation sites is 1. The number of alkyl halides is 5. The Balaban J connectivity index is 1.61. The lowest BCUT2D eigenvalue weighted by Gasteiger charge is -2.36. The van der Waals surface area contributed by atoms with E-state index in [9.17, 15) is 30.4 Å². The normalized spacial score (nSPS) is 19.7. The Labute approximate surface area is 163 Å². The van der Waals surface area contributed by atoms with Crippen molar-refractivity contribution in [3.05, 3.63) is 54.1 Å². The third-order valence-electron chi connectivity index (χ3n) is 4.40. The van der Waals surface area contributed by atoms with Crippen molar-refractivity contribution >= 4 is 10.0 Å². The van der Waals surface area contributed by atoms with Gasteiger partial charge < -0.3 is 9.47 Å². The van der Waals surface area contributed by atoms with E-state index in [2.05, 4.69) is 14.2 Å². The van der Waals surface area contributed by atoms with Crippen molar-refractivity contribution < 1.29 is 39.8 Å². The molecule has 1 aliphatic rings.